The summed E-state index contributed by atoms with van der Waals surface area (Å²) in [4.78, 5) is 0. The number of methoxy groups -OCH3 is 1. The summed E-state index contributed by atoms with van der Waals surface area (Å²) in [5.41, 5.74) is 7.38. The maximum absolute atomic E-state index is 9.81. The minimum atomic E-state index is -0.311. The summed E-state index contributed by atoms with van der Waals surface area (Å²) in [6.45, 7) is 5.74. The Hall–Kier alpha value is -1.22. The van der Waals surface area contributed by atoms with Crippen LogP contribution in [0.4, 0.5) is 0 Å². The molecule has 0 atom stereocenters. The van der Waals surface area contributed by atoms with E-state index in [1.165, 1.54) is 0 Å². The van der Waals surface area contributed by atoms with Crippen molar-refractivity contribution in [3.63, 3.8) is 0 Å². The van der Waals surface area contributed by atoms with Gasteiger partial charge < -0.3 is 15.6 Å². The molecule has 0 unspecified atom stereocenters. The first-order chi connectivity index (χ1) is 6.85. The van der Waals surface area contributed by atoms with Crippen molar-refractivity contribution in [3.8, 4) is 11.5 Å². The van der Waals surface area contributed by atoms with Gasteiger partial charge in [0.15, 0.2) is 11.5 Å². The molecule has 0 aliphatic carbocycles. The zero-order valence-electron chi connectivity index (χ0n) is 9.79. The van der Waals surface area contributed by atoms with Crippen molar-refractivity contribution in [2.45, 2.75) is 32.7 Å². The second kappa shape index (κ2) is 4.11. The van der Waals surface area contributed by atoms with Crippen LogP contribution in [0.3, 0.4) is 0 Å². The molecule has 0 bridgehead atoms. The fourth-order valence-corrected chi connectivity index (χ4v) is 1.57. The highest BCUT2D eigenvalue weighted by Gasteiger charge is 2.17. The smallest absolute Gasteiger partial charge is 0.164 e. The van der Waals surface area contributed by atoms with Gasteiger partial charge in [-0.25, -0.2) is 0 Å². The fraction of sp³-hybridized carbons (Fsp3) is 0.500. The number of phenolic OH excluding ortho intramolecular Hbond substituents is 1. The lowest BCUT2D eigenvalue weighted by molar-refractivity contribution is 0.363. The highest BCUT2D eigenvalue weighted by Crippen LogP contribution is 2.34. The van der Waals surface area contributed by atoms with E-state index in [2.05, 4.69) is 0 Å². The van der Waals surface area contributed by atoms with Gasteiger partial charge in [-0.1, -0.05) is 12.1 Å². The van der Waals surface area contributed by atoms with Gasteiger partial charge in [-0.2, -0.15) is 0 Å². The van der Waals surface area contributed by atoms with Crippen molar-refractivity contribution in [2.75, 3.05) is 7.11 Å². The number of aromatic hydroxyl groups is 1. The minimum Gasteiger partial charge on any atom is -0.504 e. The van der Waals surface area contributed by atoms with E-state index in [0.717, 1.165) is 11.1 Å². The zero-order chi connectivity index (χ0) is 11.6. The number of aryl methyl sites for hydroxylation is 1. The summed E-state index contributed by atoms with van der Waals surface area (Å²) in [6.07, 6.45) is 0.671. The van der Waals surface area contributed by atoms with Gasteiger partial charge in [-0.3, -0.25) is 0 Å². The van der Waals surface area contributed by atoms with E-state index in [4.69, 9.17) is 10.5 Å². The van der Waals surface area contributed by atoms with Gasteiger partial charge in [0.05, 0.1) is 7.11 Å². The van der Waals surface area contributed by atoms with Gasteiger partial charge >= 0.3 is 0 Å². The molecule has 0 saturated heterocycles. The summed E-state index contributed by atoms with van der Waals surface area (Å²) in [7, 11) is 1.56. The molecule has 84 valence electrons. The van der Waals surface area contributed by atoms with Gasteiger partial charge in [0.2, 0.25) is 0 Å². The van der Waals surface area contributed by atoms with E-state index < -0.39 is 0 Å². The van der Waals surface area contributed by atoms with Crippen LogP contribution >= 0.6 is 0 Å². The third-order valence-corrected chi connectivity index (χ3v) is 2.26. The van der Waals surface area contributed by atoms with Crippen LogP contribution in [0.2, 0.25) is 0 Å². The van der Waals surface area contributed by atoms with E-state index >= 15 is 0 Å². The number of hydrogen-bond acceptors (Lipinski definition) is 3. The lowest BCUT2D eigenvalue weighted by Gasteiger charge is -2.21. The molecule has 1 aromatic rings. The third-order valence-electron chi connectivity index (χ3n) is 2.26. The number of phenols is 1. The normalized spacial score (nSPS) is 11.5. The fourth-order valence-electron chi connectivity index (χ4n) is 1.57. The molecule has 0 aliphatic heterocycles. The van der Waals surface area contributed by atoms with Crippen LogP contribution < -0.4 is 10.5 Å². The predicted molar refractivity (Wildman–Crippen MR) is 61.4 cm³/mol. The quantitative estimate of drug-likeness (QED) is 0.800. The third kappa shape index (κ3) is 2.86. The van der Waals surface area contributed by atoms with Gasteiger partial charge in [-0.15, -0.1) is 0 Å². The Morgan fingerprint density at radius 2 is 2.00 bits per heavy atom. The van der Waals surface area contributed by atoms with Gasteiger partial charge in [0.1, 0.15) is 0 Å². The van der Waals surface area contributed by atoms with Crippen LogP contribution in [-0.2, 0) is 6.42 Å². The lowest BCUT2D eigenvalue weighted by atomic mass is 9.94. The first-order valence-electron chi connectivity index (χ1n) is 4.99. The lowest BCUT2D eigenvalue weighted by Crippen LogP contribution is -2.34. The van der Waals surface area contributed by atoms with Crippen LogP contribution in [0, 0.1) is 6.92 Å². The second-order valence-electron chi connectivity index (χ2n) is 4.59. The highest BCUT2D eigenvalue weighted by atomic mass is 16.5. The molecule has 0 aliphatic rings. The second-order valence-corrected chi connectivity index (χ2v) is 4.59. The summed E-state index contributed by atoms with van der Waals surface area (Å²) in [5, 5.41) is 9.81. The van der Waals surface area contributed by atoms with Gasteiger partial charge in [-0.05, 0) is 38.3 Å². The molecule has 0 radical (unpaired) electrons. The van der Waals surface area contributed by atoms with Crippen molar-refractivity contribution in [1.29, 1.82) is 0 Å². The van der Waals surface area contributed by atoms with Crippen molar-refractivity contribution in [2.24, 2.45) is 5.73 Å². The Labute approximate surface area is 90.9 Å². The maximum Gasteiger partial charge on any atom is 0.164 e. The highest BCUT2D eigenvalue weighted by molar-refractivity contribution is 5.50. The van der Waals surface area contributed by atoms with Crippen molar-refractivity contribution >= 4 is 0 Å². The van der Waals surface area contributed by atoms with Crippen molar-refractivity contribution in [3.05, 3.63) is 23.3 Å². The Morgan fingerprint density at radius 1 is 1.40 bits per heavy atom. The Bertz CT molecular complexity index is 353. The van der Waals surface area contributed by atoms with E-state index in [0.29, 0.717) is 12.2 Å². The van der Waals surface area contributed by atoms with Crippen LogP contribution in [-0.4, -0.2) is 17.8 Å². The topological polar surface area (TPSA) is 55.5 Å². The number of hydrogen-bond donors (Lipinski definition) is 2. The van der Waals surface area contributed by atoms with Crippen molar-refractivity contribution < 1.29 is 9.84 Å². The first kappa shape index (κ1) is 11.9. The summed E-state index contributed by atoms with van der Waals surface area (Å²) >= 11 is 0. The Morgan fingerprint density at radius 3 is 2.47 bits per heavy atom. The molecule has 15 heavy (non-hydrogen) atoms. The Kier molecular flexibility index (Phi) is 3.25. The molecule has 0 saturated carbocycles. The van der Waals surface area contributed by atoms with Crippen LogP contribution in [0.5, 0.6) is 11.5 Å². The number of nitrogens with two attached hydrogens (primary N) is 1. The zero-order valence-corrected chi connectivity index (χ0v) is 9.79. The van der Waals surface area contributed by atoms with Gasteiger partial charge in [0.25, 0.3) is 0 Å². The number of rotatable bonds is 3. The Balaban J connectivity index is 3.14. The van der Waals surface area contributed by atoms with E-state index in [9.17, 15) is 5.11 Å². The molecule has 1 aromatic carbocycles. The molecular weight excluding hydrogens is 190 g/mol. The molecule has 1 rings (SSSR count). The standard InChI is InChI=1S/C12H19NO2/c1-8-5-6-9(7-12(2,3)13)11(15-4)10(8)14/h5-6,14H,7,13H2,1-4H3. The molecule has 3 N–H and O–H groups in total. The largest absolute Gasteiger partial charge is 0.504 e. The molecule has 3 nitrogen and oxygen atoms in total. The van der Waals surface area contributed by atoms with Crippen LogP contribution in [0.25, 0.3) is 0 Å². The number of benzene rings is 1. The predicted octanol–water partition coefficient (Wildman–Crippen LogP) is 1.99. The van der Waals surface area contributed by atoms with Gasteiger partial charge in [0, 0.05) is 5.54 Å². The SMILES string of the molecule is COc1c(CC(C)(C)N)ccc(C)c1O. The van der Waals surface area contributed by atoms with E-state index in [-0.39, 0.29) is 11.3 Å². The average Bonchev–Trinajstić information content (AvgIpc) is 2.10. The average molecular weight is 209 g/mol. The molecule has 0 aromatic heterocycles. The van der Waals surface area contributed by atoms with E-state index in [1.807, 2.05) is 32.9 Å². The van der Waals surface area contributed by atoms with Crippen LogP contribution in [0.1, 0.15) is 25.0 Å². The van der Waals surface area contributed by atoms with Crippen LogP contribution in [0.15, 0.2) is 12.1 Å². The summed E-state index contributed by atoms with van der Waals surface area (Å²) in [5.74, 6) is 0.743. The molecule has 0 amide bonds. The molecular formula is C12H19NO2. The monoisotopic (exact) mass is 209 g/mol. The minimum absolute atomic E-state index is 0.208. The molecule has 3 heteroatoms. The number of ether oxygens (including phenoxy) is 1. The van der Waals surface area contributed by atoms with Crippen molar-refractivity contribution in [1.82, 2.24) is 0 Å². The summed E-state index contributed by atoms with van der Waals surface area (Å²) in [6, 6.07) is 3.82. The molecule has 0 fully saturated rings. The maximum atomic E-state index is 9.81. The molecule has 0 spiro atoms. The summed E-state index contributed by atoms with van der Waals surface area (Å²) < 4.78 is 5.20. The first-order valence-corrected chi connectivity index (χ1v) is 4.99. The molecule has 0 heterocycles. The van der Waals surface area contributed by atoms with E-state index in [1.54, 1.807) is 7.11 Å².